The third-order valence-electron chi connectivity index (χ3n) is 2.24. The number of nitrogens with one attached hydrogen (secondary N) is 2. The van der Waals surface area contributed by atoms with Crippen LogP contribution in [0, 0.1) is 10.1 Å². The summed E-state index contributed by atoms with van der Waals surface area (Å²) in [6, 6.07) is 4.33. The smallest absolute Gasteiger partial charge is 0.302 e. The Morgan fingerprint density at radius 2 is 1.91 bits per heavy atom. The number of alkyl halides is 3. The number of carbonyl (C=O) groups excluding carboxylic acids is 1. The molecule has 2 aromatic rings. The molecule has 0 aliphatic carbocycles. The number of para-hydroxylation sites is 2. The summed E-state index contributed by atoms with van der Waals surface area (Å²) in [4.78, 5) is 21.7. The second kappa shape index (κ2) is 5.93. The molecule has 116 valence electrons. The molecule has 1 aromatic heterocycles. The number of benzene rings is 1. The van der Waals surface area contributed by atoms with Crippen molar-refractivity contribution in [2.75, 3.05) is 10.6 Å². The Bertz CT molecular complexity index is 718. The average molecular weight is 333 g/mol. The minimum atomic E-state index is -4.66. The zero-order chi connectivity index (χ0) is 16.3. The van der Waals surface area contributed by atoms with E-state index in [1.807, 2.05) is 5.32 Å². The van der Waals surface area contributed by atoms with Crippen LogP contribution in [-0.4, -0.2) is 21.2 Å². The molecule has 1 heterocycles. The van der Waals surface area contributed by atoms with Crippen molar-refractivity contribution in [1.29, 1.82) is 0 Å². The fraction of sp³-hybridized carbons (Fsp3) is 0.100. The van der Waals surface area contributed by atoms with Crippen LogP contribution >= 0.6 is 11.3 Å². The number of nitrogens with zero attached hydrogens (tertiary/aromatic N) is 3. The molecule has 0 fully saturated rings. The lowest BCUT2D eigenvalue weighted by Crippen LogP contribution is -2.19. The second-order valence-corrected chi connectivity index (χ2v) is 4.74. The van der Waals surface area contributed by atoms with Gasteiger partial charge in [0.25, 0.3) is 5.69 Å². The van der Waals surface area contributed by atoms with Crippen LogP contribution in [0.4, 0.5) is 34.5 Å². The lowest BCUT2D eigenvalue weighted by molar-refractivity contribution is -0.383. The number of aromatic nitrogens is 2. The van der Waals surface area contributed by atoms with Crippen molar-refractivity contribution in [3.05, 3.63) is 39.4 Å². The number of rotatable bonds is 3. The van der Waals surface area contributed by atoms with E-state index in [2.05, 4.69) is 15.5 Å². The minimum absolute atomic E-state index is 0.106. The lowest BCUT2D eigenvalue weighted by Gasteiger charge is -2.05. The Labute approximate surface area is 124 Å². The highest BCUT2D eigenvalue weighted by Crippen LogP contribution is 2.33. The number of nitro groups is 1. The van der Waals surface area contributed by atoms with E-state index in [4.69, 9.17) is 0 Å². The zero-order valence-electron chi connectivity index (χ0n) is 10.4. The number of urea groups is 1. The molecule has 0 atom stereocenters. The molecule has 0 saturated heterocycles. The lowest BCUT2D eigenvalue weighted by atomic mass is 10.3. The van der Waals surface area contributed by atoms with Crippen molar-refractivity contribution in [2.45, 2.75) is 6.18 Å². The first kappa shape index (κ1) is 15.6. The summed E-state index contributed by atoms with van der Waals surface area (Å²) in [5, 5.41) is 19.4. The van der Waals surface area contributed by atoms with Crippen molar-refractivity contribution in [1.82, 2.24) is 10.2 Å². The zero-order valence-corrected chi connectivity index (χ0v) is 11.2. The first-order valence-electron chi connectivity index (χ1n) is 5.49. The van der Waals surface area contributed by atoms with Gasteiger partial charge in [0.15, 0.2) is 0 Å². The van der Waals surface area contributed by atoms with Gasteiger partial charge in [-0.2, -0.15) is 13.2 Å². The standard InChI is InChI=1S/C10H6F3N5O3S/c11-10(12,13)7-16-17-9(22-7)15-8(19)14-5-3-1-2-4-6(5)18(20)21/h1-4H,(H2,14,15,17,19). The van der Waals surface area contributed by atoms with Crippen LogP contribution in [0.25, 0.3) is 0 Å². The average Bonchev–Trinajstić information content (AvgIpc) is 2.87. The Morgan fingerprint density at radius 1 is 1.23 bits per heavy atom. The van der Waals surface area contributed by atoms with Gasteiger partial charge in [0.05, 0.1) is 4.92 Å². The van der Waals surface area contributed by atoms with Crippen molar-refractivity contribution in [3.8, 4) is 0 Å². The number of hydrogen-bond acceptors (Lipinski definition) is 6. The quantitative estimate of drug-likeness (QED) is 0.662. The van der Waals surface area contributed by atoms with Gasteiger partial charge in [-0.05, 0) is 6.07 Å². The molecule has 0 spiro atoms. The molecular weight excluding hydrogens is 327 g/mol. The summed E-state index contributed by atoms with van der Waals surface area (Å²) in [7, 11) is 0. The van der Waals surface area contributed by atoms with E-state index in [1.165, 1.54) is 24.3 Å². The number of amides is 2. The first-order chi connectivity index (χ1) is 10.3. The van der Waals surface area contributed by atoms with Gasteiger partial charge in [-0.25, -0.2) is 4.79 Å². The number of hydrogen-bond donors (Lipinski definition) is 2. The molecule has 22 heavy (non-hydrogen) atoms. The maximum atomic E-state index is 12.3. The Morgan fingerprint density at radius 3 is 2.50 bits per heavy atom. The predicted octanol–water partition coefficient (Wildman–Crippen LogP) is 3.11. The van der Waals surface area contributed by atoms with E-state index >= 15 is 0 Å². The first-order valence-corrected chi connectivity index (χ1v) is 6.31. The topological polar surface area (TPSA) is 110 Å². The third kappa shape index (κ3) is 3.66. The summed E-state index contributed by atoms with van der Waals surface area (Å²) in [5.41, 5.74) is -0.462. The fourth-order valence-corrected chi connectivity index (χ4v) is 1.98. The number of anilines is 2. The molecule has 0 aliphatic heterocycles. The molecule has 12 heteroatoms. The molecule has 0 saturated carbocycles. The van der Waals surface area contributed by atoms with E-state index < -0.39 is 22.1 Å². The van der Waals surface area contributed by atoms with E-state index in [9.17, 15) is 28.1 Å². The van der Waals surface area contributed by atoms with Gasteiger partial charge in [0.1, 0.15) is 5.69 Å². The molecule has 2 rings (SSSR count). The molecule has 0 radical (unpaired) electrons. The molecule has 0 unspecified atom stereocenters. The predicted molar refractivity (Wildman–Crippen MR) is 70.6 cm³/mol. The van der Waals surface area contributed by atoms with Crippen molar-refractivity contribution >= 4 is 33.9 Å². The number of carbonyl (C=O) groups is 1. The summed E-state index contributed by atoms with van der Waals surface area (Å²) in [5.74, 6) is 0. The van der Waals surface area contributed by atoms with Crippen LogP contribution in [-0.2, 0) is 6.18 Å². The monoisotopic (exact) mass is 333 g/mol. The Kier molecular flexibility index (Phi) is 4.21. The molecule has 0 bridgehead atoms. The number of halogens is 3. The molecule has 2 N–H and O–H groups in total. The SMILES string of the molecule is O=C(Nc1nnc(C(F)(F)F)s1)Nc1ccccc1[N+](=O)[O-]. The summed E-state index contributed by atoms with van der Waals surface area (Å²) < 4.78 is 37.0. The van der Waals surface area contributed by atoms with E-state index in [-0.39, 0.29) is 27.8 Å². The second-order valence-electron chi connectivity index (χ2n) is 3.76. The van der Waals surface area contributed by atoms with Gasteiger partial charge in [0.2, 0.25) is 10.1 Å². The van der Waals surface area contributed by atoms with Crippen LogP contribution in [0.2, 0.25) is 0 Å². The summed E-state index contributed by atoms with van der Waals surface area (Å²) in [6.07, 6.45) is -4.66. The number of nitro benzene ring substituents is 1. The van der Waals surface area contributed by atoms with Crippen molar-refractivity contribution in [2.24, 2.45) is 0 Å². The van der Waals surface area contributed by atoms with E-state index in [1.54, 1.807) is 0 Å². The van der Waals surface area contributed by atoms with Crippen LogP contribution < -0.4 is 10.6 Å². The molecule has 0 aliphatic rings. The highest BCUT2D eigenvalue weighted by atomic mass is 32.1. The molecular formula is C10H6F3N5O3S. The molecule has 1 aromatic carbocycles. The van der Waals surface area contributed by atoms with Gasteiger partial charge in [0, 0.05) is 6.07 Å². The summed E-state index contributed by atoms with van der Waals surface area (Å²) in [6.45, 7) is 0. The van der Waals surface area contributed by atoms with Gasteiger partial charge < -0.3 is 5.32 Å². The fourth-order valence-electron chi connectivity index (χ4n) is 1.38. The van der Waals surface area contributed by atoms with Crippen molar-refractivity contribution in [3.63, 3.8) is 0 Å². The van der Waals surface area contributed by atoms with Gasteiger partial charge in [-0.3, -0.25) is 15.4 Å². The highest BCUT2D eigenvalue weighted by Gasteiger charge is 2.35. The normalized spacial score (nSPS) is 11.0. The Balaban J connectivity index is 2.08. The van der Waals surface area contributed by atoms with Crippen LogP contribution in [0.1, 0.15) is 5.01 Å². The third-order valence-corrected chi connectivity index (χ3v) is 3.12. The van der Waals surface area contributed by atoms with Gasteiger partial charge in [-0.15, -0.1) is 10.2 Å². The molecule has 2 amide bonds. The van der Waals surface area contributed by atoms with Gasteiger partial charge >= 0.3 is 12.2 Å². The summed E-state index contributed by atoms with van der Waals surface area (Å²) >= 11 is 0.136. The highest BCUT2D eigenvalue weighted by molar-refractivity contribution is 7.15. The van der Waals surface area contributed by atoms with Crippen molar-refractivity contribution < 1.29 is 22.9 Å². The maximum Gasteiger partial charge on any atom is 0.445 e. The maximum absolute atomic E-state index is 12.3. The van der Waals surface area contributed by atoms with Crippen LogP contribution in [0.3, 0.4) is 0 Å². The van der Waals surface area contributed by atoms with Crippen LogP contribution in [0.5, 0.6) is 0 Å². The largest absolute Gasteiger partial charge is 0.445 e. The minimum Gasteiger partial charge on any atom is -0.302 e. The van der Waals surface area contributed by atoms with E-state index in [0.29, 0.717) is 0 Å². The van der Waals surface area contributed by atoms with Gasteiger partial charge in [-0.1, -0.05) is 23.5 Å². The molecule has 8 nitrogen and oxygen atoms in total. The van der Waals surface area contributed by atoms with Crippen LogP contribution in [0.15, 0.2) is 24.3 Å². The van der Waals surface area contributed by atoms with E-state index in [0.717, 1.165) is 0 Å². The Hall–Kier alpha value is -2.76.